The van der Waals surface area contributed by atoms with E-state index in [2.05, 4.69) is 30.9 Å². The molecule has 3 rings (SSSR count). The van der Waals surface area contributed by atoms with E-state index in [0.717, 1.165) is 10.9 Å². The highest BCUT2D eigenvalue weighted by Crippen LogP contribution is 2.19. The Kier molecular flexibility index (Phi) is 10.3. The van der Waals surface area contributed by atoms with Crippen LogP contribution in [-0.2, 0) is 36.8 Å². The van der Waals surface area contributed by atoms with Gasteiger partial charge in [0.1, 0.15) is 18.1 Å². The molecule has 15 heteroatoms. The zero-order valence-electron chi connectivity index (χ0n) is 21.3. The van der Waals surface area contributed by atoms with Gasteiger partial charge in [0.15, 0.2) is 0 Å². The second kappa shape index (κ2) is 13.9. The predicted octanol–water partition coefficient (Wildman–Crippen LogP) is -1.60. The topological polar surface area (TPSA) is 253 Å². The highest BCUT2D eigenvalue weighted by atomic mass is 16.4. The lowest BCUT2D eigenvalue weighted by molar-refractivity contribution is -0.142. The minimum atomic E-state index is -1.54. The van der Waals surface area contributed by atoms with E-state index in [1.165, 1.54) is 12.5 Å². The van der Waals surface area contributed by atoms with Gasteiger partial charge >= 0.3 is 11.9 Å². The van der Waals surface area contributed by atoms with Gasteiger partial charge in [-0.25, -0.2) is 9.78 Å². The van der Waals surface area contributed by atoms with E-state index >= 15 is 0 Å². The van der Waals surface area contributed by atoms with Gasteiger partial charge < -0.3 is 47.0 Å². The van der Waals surface area contributed by atoms with Crippen molar-refractivity contribution >= 4 is 40.6 Å². The Labute approximate surface area is 227 Å². The molecule has 2 aromatic heterocycles. The molecule has 2 heterocycles. The van der Waals surface area contributed by atoms with Crippen molar-refractivity contribution in [2.24, 2.45) is 5.73 Å². The number of aliphatic carboxylic acids is 2. The Balaban J connectivity index is 1.68. The number of carboxylic acid groups (broad SMARTS) is 2. The number of hydrogen-bond donors (Lipinski definition) is 9. The minimum absolute atomic E-state index is 0.0656. The standard InChI is InChI=1S/C25H31N7O8/c26-16(5-6-21(34)35)22(36)30-18(8-14-10-27-12-29-14)23(37)32-20(11-33)24(38)31-19(25(39)40)7-13-9-28-17-4-2-1-3-15(13)17/h1-4,9-10,12,16,18-20,28,33H,5-8,11,26H2,(H,27,29)(H,30,36)(H,31,38)(H,32,37)(H,34,35)(H,39,40). The van der Waals surface area contributed by atoms with Gasteiger partial charge in [-0.3, -0.25) is 19.2 Å². The first-order valence-corrected chi connectivity index (χ1v) is 12.3. The number of aromatic amines is 2. The largest absolute Gasteiger partial charge is 0.481 e. The maximum absolute atomic E-state index is 13.1. The SMILES string of the molecule is NC(CCC(=O)O)C(=O)NC(Cc1cnc[nH]1)C(=O)NC(CO)C(=O)NC(Cc1c[nH]c2ccccc12)C(=O)O. The van der Waals surface area contributed by atoms with Crippen LogP contribution in [0.3, 0.4) is 0 Å². The molecule has 0 fully saturated rings. The Hall–Kier alpha value is -4.76. The number of rotatable bonds is 15. The van der Waals surface area contributed by atoms with Crippen LogP contribution in [0.5, 0.6) is 0 Å². The number of imidazole rings is 1. The van der Waals surface area contributed by atoms with Crippen LogP contribution in [0.25, 0.3) is 10.9 Å². The third kappa shape index (κ3) is 8.12. The number of amides is 3. The molecule has 0 radical (unpaired) electrons. The van der Waals surface area contributed by atoms with E-state index in [9.17, 15) is 34.2 Å². The predicted molar refractivity (Wildman–Crippen MR) is 140 cm³/mol. The van der Waals surface area contributed by atoms with Crippen LogP contribution in [0.15, 0.2) is 43.0 Å². The number of aliphatic hydroxyl groups is 1. The number of para-hydroxylation sites is 1. The summed E-state index contributed by atoms with van der Waals surface area (Å²) in [5, 5.41) is 36.2. The van der Waals surface area contributed by atoms with Crippen LogP contribution in [0.4, 0.5) is 0 Å². The van der Waals surface area contributed by atoms with Crippen LogP contribution < -0.4 is 21.7 Å². The van der Waals surface area contributed by atoms with Gasteiger partial charge in [0, 0.05) is 48.3 Å². The number of H-pyrrole nitrogens is 2. The fourth-order valence-electron chi connectivity index (χ4n) is 3.97. The fraction of sp³-hybridized carbons (Fsp3) is 0.360. The molecule has 40 heavy (non-hydrogen) atoms. The highest BCUT2D eigenvalue weighted by Gasteiger charge is 2.31. The van der Waals surface area contributed by atoms with Crippen molar-refractivity contribution in [3.8, 4) is 0 Å². The molecule has 0 saturated heterocycles. The van der Waals surface area contributed by atoms with Gasteiger partial charge in [0.05, 0.1) is 19.0 Å². The summed E-state index contributed by atoms with van der Waals surface area (Å²) in [5.41, 5.74) is 7.64. The second-order valence-electron chi connectivity index (χ2n) is 9.09. The van der Waals surface area contributed by atoms with Crippen LogP contribution >= 0.6 is 0 Å². The number of benzene rings is 1. The summed E-state index contributed by atoms with van der Waals surface area (Å²) in [6.45, 7) is -0.861. The minimum Gasteiger partial charge on any atom is -0.481 e. The fourth-order valence-corrected chi connectivity index (χ4v) is 3.97. The van der Waals surface area contributed by atoms with Crippen LogP contribution in [0.2, 0.25) is 0 Å². The number of hydrogen-bond acceptors (Lipinski definition) is 8. The van der Waals surface area contributed by atoms with Crippen molar-refractivity contribution in [3.05, 3.63) is 54.2 Å². The van der Waals surface area contributed by atoms with Crippen molar-refractivity contribution in [1.29, 1.82) is 0 Å². The third-order valence-electron chi connectivity index (χ3n) is 6.15. The molecular formula is C25H31N7O8. The quantitative estimate of drug-likeness (QED) is 0.103. The lowest BCUT2D eigenvalue weighted by Crippen LogP contribution is -2.58. The zero-order valence-corrected chi connectivity index (χ0v) is 21.3. The number of nitrogens with two attached hydrogens (primary N) is 1. The van der Waals surface area contributed by atoms with E-state index in [4.69, 9.17) is 10.8 Å². The normalized spacial score (nSPS) is 14.1. The molecule has 0 saturated carbocycles. The smallest absolute Gasteiger partial charge is 0.326 e. The second-order valence-corrected chi connectivity index (χ2v) is 9.09. The Morgan fingerprint density at radius 3 is 2.23 bits per heavy atom. The van der Waals surface area contributed by atoms with Crippen molar-refractivity contribution in [3.63, 3.8) is 0 Å². The molecule has 0 aliphatic carbocycles. The Bertz CT molecular complexity index is 1340. The van der Waals surface area contributed by atoms with Gasteiger partial charge in [-0.15, -0.1) is 0 Å². The van der Waals surface area contributed by atoms with Crippen molar-refractivity contribution < 1.29 is 39.3 Å². The number of carbonyl (C=O) groups excluding carboxylic acids is 3. The maximum Gasteiger partial charge on any atom is 0.326 e. The first kappa shape index (κ1) is 29.8. The highest BCUT2D eigenvalue weighted by molar-refractivity contribution is 5.94. The summed E-state index contributed by atoms with van der Waals surface area (Å²) in [6, 6.07) is 1.83. The lowest BCUT2D eigenvalue weighted by atomic mass is 10.0. The molecule has 10 N–H and O–H groups in total. The number of fused-ring (bicyclic) bond motifs is 1. The summed E-state index contributed by atoms with van der Waals surface area (Å²) in [5.74, 6) is -5.08. The first-order chi connectivity index (χ1) is 19.1. The van der Waals surface area contributed by atoms with Gasteiger partial charge in [-0.05, 0) is 18.1 Å². The Morgan fingerprint density at radius 1 is 0.900 bits per heavy atom. The van der Waals surface area contributed by atoms with Crippen molar-refractivity contribution in [2.45, 2.75) is 49.9 Å². The van der Waals surface area contributed by atoms with Crippen molar-refractivity contribution in [2.75, 3.05) is 6.61 Å². The molecular weight excluding hydrogens is 526 g/mol. The third-order valence-corrected chi connectivity index (χ3v) is 6.15. The molecule has 3 amide bonds. The molecule has 4 unspecified atom stereocenters. The van der Waals surface area contributed by atoms with Crippen LogP contribution in [-0.4, -0.2) is 90.7 Å². The molecule has 1 aromatic carbocycles. The maximum atomic E-state index is 13.1. The lowest BCUT2D eigenvalue weighted by Gasteiger charge is -2.24. The molecule has 0 spiro atoms. The average Bonchev–Trinajstić information content (AvgIpc) is 3.59. The van der Waals surface area contributed by atoms with E-state index in [0.29, 0.717) is 11.3 Å². The summed E-state index contributed by atoms with van der Waals surface area (Å²) in [4.78, 5) is 70.9. The molecule has 214 valence electrons. The van der Waals surface area contributed by atoms with E-state index in [1.54, 1.807) is 18.3 Å². The van der Waals surface area contributed by atoms with E-state index in [-0.39, 0.29) is 25.7 Å². The molecule has 0 aliphatic heterocycles. The van der Waals surface area contributed by atoms with Crippen LogP contribution in [0.1, 0.15) is 24.1 Å². The van der Waals surface area contributed by atoms with E-state index < -0.39 is 60.4 Å². The zero-order chi connectivity index (χ0) is 29.2. The first-order valence-electron chi connectivity index (χ1n) is 12.3. The number of nitrogens with one attached hydrogen (secondary N) is 5. The van der Waals surface area contributed by atoms with Gasteiger partial charge in [-0.1, -0.05) is 18.2 Å². The monoisotopic (exact) mass is 557 g/mol. The number of aliphatic hydroxyl groups excluding tert-OH is 1. The summed E-state index contributed by atoms with van der Waals surface area (Å²) >= 11 is 0. The molecule has 15 nitrogen and oxygen atoms in total. The Morgan fingerprint density at radius 2 is 1.57 bits per heavy atom. The van der Waals surface area contributed by atoms with Gasteiger partial charge in [0.25, 0.3) is 0 Å². The number of carbonyl (C=O) groups is 5. The van der Waals surface area contributed by atoms with Gasteiger partial charge in [0.2, 0.25) is 17.7 Å². The summed E-state index contributed by atoms with van der Waals surface area (Å²) in [6.07, 6.45) is 3.72. The molecule has 3 aromatic rings. The number of carboxylic acids is 2. The molecule has 0 aliphatic rings. The summed E-state index contributed by atoms with van der Waals surface area (Å²) < 4.78 is 0. The molecule has 0 bridgehead atoms. The average molecular weight is 558 g/mol. The summed E-state index contributed by atoms with van der Waals surface area (Å²) in [7, 11) is 0. The van der Waals surface area contributed by atoms with Crippen LogP contribution in [0, 0.1) is 0 Å². The number of aromatic nitrogens is 3. The number of nitrogens with zero attached hydrogens (tertiary/aromatic N) is 1. The van der Waals surface area contributed by atoms with E-state index in [1.807, 2.05) is 12.1 Å². The van der Waals surface area contributed by atoms with Gasteiger partial charge in [-0.2, -0.15) is 0 Å². The molecule has 4 atom stereocenters. The van der Waals surface area contributed by atoms with Crippen molar-refractivity contribution in [1.82, 2.24) is 30.9 Å².